The molecule has 8 heteroatoms. The van der Waals surface area contributed by atoms with Crippen molar-refractivity contribution < 1.29 is 18.3 Å². The highest BCUT2D eigenvalue weighted by atomic mass is 35.5. The molecule has 0 radical (unpaired) electrons. The van der Waals surface area contributed by atoms with Gasteiger partial charge in [-0.25, -0.2) is 17.9 Å². The van der Waals surface area contributed by atoms with Crippen molar-refractivity contribution in [1.29, 1.82) is 0 Å². The molecule has 6 nitrogen and oxygen atoms in total. The van der Waals surface area contributed by atoms with Gasteiger partial charge < -0.3 is 10.1 Å². The van der Waals surface area contributed by atoms with Crippen LogP contribution in [0.15, 0.2) is 41.6 Å². The molecule has 0 amide bonds. The van der Waals surface area contributed by atoms with Crippen LogP contribution in [0.3, 0.4) is 0 Å². The Hall–Kier alpha value is -1.83. The van der Waals surface area contributed by atoms with Crippen molar-refractivity contribution in [2.24, 2.45) is 0 Å². The number of hydrogen-bond acceptors (Lipinski definition) is 3. The van der Waals surface area contributed by atoms with Crippen LogP contribution in [-0.2, 0) is 16.4 Å². The molecule has 1 aromatic heterocycles. The summed E-state index contributed by atoms with van der Waals surface area (Å²) in [5.41, 5.74) is 0.827. The van der Waals surface area contributed by atoms with E-state index in [2.05, 4.69) is 9.71 Å². The second kappa shape index (κ2) is 6.30. The van der Waals surface area contributed by atoms with Crippen LogP contribution in [0.5, 0.6) is 0 Å². The Morgan fingerprint density at radius 3 is 2.71 bits per heavy atom. The van der Waals surface area contributed by atoms with Crippen LogP contribution >= 0.6 is 11.6 Å². The maximum atomic E-state index is 12.2. The number of benzene rings is 1. The number of carbonyl (C=O) groups is 1. The fraction of sp³-hybridized carbons (Fsp3) is 0.154. The van der Waals surface area contributed by atoms with Crippen molar-refractivity contribution in [3.8, 4) is 0 Å². The molecule has 0 saturated carbocycles. The van der Waals surface area contributed by atoms with Crippen LogP contribution in [0, 0.1) is 0 Å². The van der Waals surface area contributed by atoms with E-state index in [1.165, 1.54) is 12.1 Å². The first kappa shape index (κ1) is 15.6. The first-order valence-corrected chi connectivity index (χ1v) is 7.90. The van der Waals surface area contributed by atoms with Gasteiger partial charge in [0.25, 0.3) is 0 Å². The number of H-pyrrole nitrogens is 1. The molecular formula is C13H13ClN2O4S. The monoisotopic (exact) mass is 328 g/mol. The third-order valence-corrected chi connectivity index (χ3v) is 4.78. The second-order valence-corrected chi connectivity index (χ2v) is 6.46. The normalized spacial score (nSPS) is 11.5. The smallest absolute Gasteiger partial charge is 0.335 e. The van der Waals surface area contributed by atoms with Gasteiger partial charge in [-0.15, -0.1) is 0 Å². The SMILES string of the molecule is O=C(O)c1ccc(Cl)c(S(=O)(=O)NCCc2cc[nH]c2)c1. The number of hydrogen-bond donors (Lipinski definition) is 3. The molecule has 0 unspecified atom stereocenters. The third kappa shape index (κ3) is 3.84. The summed E-state index contributed by atoms with van der Waals surface area (Å²) in [6.07, 6.45) is 4.03. The van der Waals surface area contributed by atoms with Crippen molar-refractivity contribution >= 4 is 27.6 Å². The molecule has 0 spiro atoms. The minimum Gasteiger partial charge on any atom is -0.478 e. The molecule has 2 aromatic rings. The summed E-state index contributed by atoms with van der Waals surface area (Å²) in [7, 11) is -3.86. The van der Waals surface area contributed by atoms with E-state index in [4.69, 9.17) is 16.7 Å². The van der Waals surface area contributed by atoms with Gasteiger partial charge in [-0.2, -0.15) is 0 Å². The predicted octanol–water partition coefficient (Wildman–Crippen LogP) is 1.89. The van der Waals surface area contributed by atoms with Crippen LogP contribution < -0.4 is 4.72 Å². The lowest BCUT2D eigenvalue weighted by atomic mass is 10.2. The summed E-state index contributed by atoms with van der Waals surface area (Å²) in [5, 5.41) is 8.89. The van der Waals surface area contributed by atoms with Crippen molar-refractivity contribution in [1.82, 2.24) is 9.71 Å². The van der Waals surface area contributed by atoms with Gasteiger partial charge in [0.15, 0.2) is 0 Å². The number of nitrogens with one attached hydrogen (secondary N) is 2. The van der Waals surface area contributed by atoms with E-state index in [0.29, 0.717) is 6.42 Å². The lowest BCUT2D eigenvalue weighted by molar-refractivity contribution is 0.0696. The zero-order valence-corrected chi connectivity index (χ0v) is 12.4. The fourth-order valence-electron chi connectivity index (χ4n) is 1.76. The van der Waals surface area contributed by atoms with Gasteiger partial charge in [0.05, 0.1) is 10.6 Å². The third-order valence-electron chi connectivity index (χ3n) is 2.84. The zero-order chi connectivity index (χ0) is 15.5. The van der Waals surface area contributed by atoms with Crippen molar-refractivity contribution in [2.45, 2.75) is 11.3 Å². The van der Waals surface area contributed by atoms with Crippen molar-refractivity contribution in [3.63, 3.8) is 0 Å². The Morgan fingerprint density at radius 2 is 2.10 bits per heavy atom. The predicted molar refractivity (Wildman–Crippen MR) is 78.1 cm³/mol. The highest BCUT2D eigenvalue weighted by Gasteiger charge is 2.19. The Labute approximate surface area is 126 Å². The lowest BCUT2D eigenvalue weighted by Gasteiger charge is -2.08. The number of sulfonamides is 1. The number of halogens is 1. The summed E-state index contributed by atoms with van der Waals surface area (Å²) in [5.74, 6) is -1.21. The fourth-order valence-corrected chi connectivity index (χ4v) is 3.32. The molecule has 0 aliphatic rings. The largest absolute Gasteiger partial charge is 0.478 e. The molecule has 0 fully saturated rings. The van der Waals surface area contributed by atoms with E-state index in [0.717, 1.165) is 11.6 Å². The van der Waals surface area contributed by atoms with Gasteiger partial charge in [0, 0.05) is 18.9 Å². The maximum Gasteiger partial charge on any atom is 0.335 e. The average Bonchev–Trinajstić information content (AvgIpc) is 2.91. The standard InChI is InChI=1S/C13H13ClN2O4S/c14-11-2-1-10(13(17)18)7-12(11)21(19,20)16-6-4-9-3-5-15-8-9/h1-3,5,7-8,15-16H,4,6H2,(H,17,18). The minimum absolute atomic E-state index is 0.0193. The van der Waals surface area contributed by atoms with Gasteiger partial charge >= 0.3 is 5.97 Å². The van der Waals surface area contributed by atoms with Gasteiger partial charge in [-0.3, -0.25) is 0 Å². The van der Waals surface area contributed by atoms with Gasteiger partial charge in [0.1, 0.15) is 4.90 Å². The highest BCUT2D eigenvalue weighted by Crippen LogP contribution is 2.22. The molecule has 1 heterocycles. The van der Waals surface area contributed by atoms with Crippen LogP contribution in [0.4, 0.5) is 0 Å². The average molecular weight is 329 g/mol. The number of aromatic carboxylic acids is 1. The number of aromatic nitrogens is 1. The molecule has 112 valence electrons. The second-order valence-electron chi connectivity index (χ2n) is 4.32. The van der Waals surface area contributed by atoms with Crippen LogP contribution in [0.2, 0.25) is 5.02 Å². The molecule has 3 N–H and O–H groups in total. The molecule has 1 aromatic carbocycles. The highest BCUT2D eigenvalue weighted by molar-refractivity contribution is 7.89. The summed E-state index contributed by atoms with van der Waals surface area (Å²) >= 11 is 5.85. The first-order valence-electron chi connectivity index (χ1n) is 6.04. The number of rotatable bonds is 6. The summed E-state index contributed by atoms with van der Waals surface area (Å²) in [4.78, 5) is 13.5. The molecular weight excluding hydrogens is 316 g/mol. The summed E-state index contributed by atoms with van der Waals surface area (Å²) in [6.45, 7) is 0.188. The molecule has 0 bridgehead atoms. The molecule has 0 aliphatic carbocycles. The molecule has 21 heavy (non-hydrogen) atoms. The molecule has 2 rings (SSSR count). The summed E-state index contributed by atoms with van der Waals surface area (Å²) in [6, 6.07) is 5.39. The Balaban J connectivity index is 2.15. The van der Waals surface area contributed by atoms with Gasteiger partial charge in [0.2, 0.25) is 10.0 Å². The number of carboxylic acids is 1. The van der Waals surface area contributed by atoms with Crippen LogP contribution in [0.25, 0.3) is 0 Å². The van der Waals surface area contributed by atoms with Crippen molar-refractivity contribution in [2.75, 3.05) is 6.54 Å². The number of carboxylic acid groups (broad SMARTS) is 1. The van der Waals surface area contributed by atoms with Crippen LogP contribution in [0.1, 0.15) is 15.9 Å². The summed E-state index contributed by atoms with van der Waals surface area (Å²) < 4.78 is 26.7. The van der Waals surface area contributed by atoms with Crippen LogP contribution in [-0.4, -0.2) is 31.0 Å². The van der Waals surface area contributed by atoms with E-state index in [-0.39, 0.29) is 22.0 Å². The number of aromatic amines is 1. The zero-order valence-electron chi connectivity index (χ0n) is 10.8. The van der Waals surface area contributed by atoms with E-state index in [9.17, 15) is 13.2 Å². The van der Waals surface area contributed by atoms with E-state index < -0.39 is 16.0 Å². The van der Waals surface area contributed by atoms with Gasteiger partial charge in [-0.05, 0) is 36.2 Å². The van der Waals surface area contributed by atoms with Crippen molar-refractivity contribution in [3.05, 3.63) is 52.8 Å². The van der Waals surface area contributed by atoms with E-state index >= 15 is 0 Å². The molecule has 0 aliphatic heterocycles. The Bertz CT molecular complexity index is 742. The first-order chi connectivity index (χ1) is 9.90. The van der Waals surface area contributed by atoms with E-state index in [1.54, 1.807) is 12.4 Å². The quantitative estimate of drug-likeness (QED) is 0.754. The lowest BCUT2D eigenvalue weighted by Crippen LogP contribution is -2.26. The minimum atomic E-state index is -3.86. The Kier molecular flexibility index (Phi) is 4.66. The molecule has 0 saturated heterocycles. The maximum absolute atomic E-state index is 12.2. The van der Waals surface area contributed by atoms with Gasteiger partial charge in [-0.1, -0.05) is 11.6 Å². The molecule has 0 atom stereocenters. The Morgan fingerprint density at radius 1 is 1.33 bits per heavy atom. The van der Waals surface area contributed by atoms with E-state index in [1.807, 2.05) is 6.07 Å². The topological polar surface area (TPSA) is 99.3 Å².